The number of hydrogen-bond acceptors (Lipinski definition) is 8. The van der Waals surface area contributed by atoms with E-state index in [0.717, 1.165) is 6.07 Å². The number of aromatic amines is 1. The molecule has 0 fully saturated rings. The van der Waals surface area contributed by atoms with Crippen molar-refractivity contribution in [1.29, 1.82) is 0 Å². The van der Waals surface area contributed by atoms with Crippen LogP contribution in [0.2, 0.25) is 0 Å². The number of phenols is 2. The van der Waals surface area contributed by atoms with Crippen LogP contribution in [-0.4, -0.2) is 43.8 Å². The SMILES string of the molecule is CCOC(=O)c1nc2ccc(O)cc2c(=O)[nH]1.Nc1ccc(O)cc1C(=O)O. The lowest BCUT2D eigenvalue weighted by molar-refractivity contribution is 0.0511. The molecule has 3 rings (SSSR count). The Balaban J connectivity index is 0.000000221. The van der Waals surface area contributed by atoms with E-state index >= 15 is 0 Å². The predicted molar refractivity (Wildman–Crippen MR) is 99.5 cm³/mol. The average Bonchev–Trinajstić information content (AvgIpc) is 2.64. The first-order valence-corrected chi connectivity index (χ1v) is 7.95. The van der Waals surface area contributed by atoms with E-state index in [1.807, 2.05) is 0 Å². The number of hydrogen-bond donors (Lipinski definition) is 5. The average molecular weight is 387 g/mol. The Bertz CT molecular complexity index is 1090. The van der Waals surface area contributed by atoms with Gasteiger partial charge in [0.15, 0.2) is 0 Å². The van der Waals surface area contributed by atoms with Crippen LogP contribution < -0.4 is 11.3 Å². The number of rotatable bonds is 3. The van der Waals surface area contributed by atoms with Gasteiger partial charge in [-0.05, 0) is 43.3 Å². The summed E-state index contributed by atoms with van der Waals surface area (Å²) in [5.74, 6) is -2.10. The summed E-state index contributed by atoms with van der Waals surface area (Å²) in [5.41, 5.74) is 5.20. The van der Waals surface area contributed by atoms with Crippen LogP contribution in [0.3, 0.4) is 0 Å². The first kappa shape index (κ1) is 20.2. The quantitative estimate of drug-likeness (QED) is 0.253. The number of aromatic nitrogens is 2. The molecule has 0 radical (unpaired) electrons. The van der Waals surface area contributed by atoms with Crippen molar-refractivity contribution in [2.45, 2.75) is 6.92 Å². The highest BCUT2D eigenvalue weighted by Crippen LogP contribution is 2.18. The Hall–Kier alpha value is -4.08. The van der Waals surface area contributed by atoms with Gasteiger partial charge in [-0.2, -0.15) is 0 Å². The maximum Gasteiger partial charge on any atom is 0.374 e. The van der Waals surface area contributed by atoms with E-state index in [1.54, 1.807) is 6.92 Å². The molecule has 10 nitrogen and oxygen atoms in total. The van der Waals surface area contributed by atoms with E-state index in [2.05, 4.69) is 9.97 Å². The number of anilines is 1. The maximum atomic E-state index is 11.6. The highest BCUT2D eigenvalue weighted by Gasteiger charge is 2.12. The number of nitrogens with two attached hydrogens (primary N) is 1. The van der Waals surface area contributed by atoms with Crippen LogP contribution in [0.1, 0.15) is 27.9 Å². The normalized spacial score (nSPS) is 10.0. The molecule has 28 heavy (non-hydrogen) atoms. The van der Waals surface area contributed by atoms with Gasteiger partial charge in [-0.25, -0.2) is 14.6 Å². The Labute approximate surface area is 157 Å². The smallest absolute Gasteiger partial charge is 0.374 e. The van der Waals surface area contributed by atoms with Crippen molar-refractivity contribution in [3.05, 3.63) is 58.1 Å². The van der Waals surface area contributed by atoms with Gasteiger partial charge < -0.3 is 30.8 Å². The monoisotopic (exact) mass is 387 g/mol. The first-order chi connectivity index (χ1) is 13.2. The van der Waals surface area contributed by atoms with Gasteiger partial charge in [-0.3, -0.25) is 4.79 Å². The number of benzene rings is 2. The maximum absolute atomic E-state index is 11.6. The van der Waals surface area contributed by atoms with Crippen LogP contribution in [0.25, 0.3) is 10.9 Å². The Morgan fingerprint density at radius 3 is 2.39 bits per heavy atom. The molecule has 0 atom stereocenters. The molecule has 0 saturated carbocycles. The summed E-state index contributed by atoms with van der Waals surface area (Å²) < 4.78 is 4.73. The summed E-state index contributed by atoms with van der Waals surface area (Å²) in [7, 11) is 0. The van der Waals surface area contributed by atoms with E-state index in [0.29, 0.717) is 5.52 Å². The van der Waals surface area contributed by atoms with E-state index in [-0.39, 0.29) is 40.6 Å². The fraction of sp³-hybridized carbons (Fsp3) is 0.111. The minimum Gasteiger partial charge on any atom is -0.508 e. The lowest BCUT2D eigenvalue weighted by atomic mass is 10.2. The largest absolute Gasteiger partial charge is 0.508 e. The number of carbonyl (C=O) groups excluding carboxylic acids is 1. The molecule has 0 amide bonds. The number of carboxylic acid groups (broad SMARTS) is 1. The number of fused-ring (bicyclic) bond motifs is 1. The number of nitrogens with zero attached hydrogens (tertiary/aromatic N) is 1. The molecule has 2 aromatic carbocycles. The molecular weight excluding hydrogens is 370 g/mol. The fourth-order valence-corrected chi connectivity index (χ4v) is 2.15. The van der Waals surface area contributed by atoms with Gasteiger partial charge >= 0.3 is 11.9 Å². The third-order valence-corrected chi connectivity index (χ3v) is 3.43. The Morgan fingerprint density at radius 1 is 1.14 bits per heavy atom. The number of nitrogen functional groups attached to an aromatic ring is 1. The highest BCUT2D eigenvalue weighted by molar-refractivity contribution is 5.94. The van der Waals surface area contributed by atoms with Gasteiger partial charge in [0.2, 0.25) is 5.82 Å². The van der Waals surface area contributed by atoms with Crippen molar-refractivity contribution >= 4 is 28.5 Å². The van der Waals surface area contributed by atoms with E-state index in [9.17, 15) is 19.5 Å². The topological polar surface area (TPSA) is 176 Å². The molecule has 1 heterocycles. The number of aromatic carboxylic acids is 1. The first-order valence-electron chi connectivity index (χ1n) is 7.95. The molecule has 0 bridgehead atoms. The molecule has 3 aromatic rings. The highest BCUT2D eigenvalue weighted by atomic mass is 16.5. The number of aromatic hydroxyl groups is 2. The number of nitrogens with one attached hydrogen (secondary N) is 1. The zero-order valence-corrected chi connectivity index (χ0v) is 14.7. The lowest BCUT2D eigenvalue weighted by Crippen LogP contribution is -2.17. The number of ether oxygens (including phenoxy) is 1. The fourth-order valence-electron chi connectivity index (χ4n) is 2.15. The molecule has 0 aliphatic rings. The molecule has 6 N–H and O–H groups in total. The molecule has 1 aromatic heterocycles. The molecule has 0 aliphatic carbocycles. The molecule has 146 valence electrons. The third kappa shape index (κ3) is 4.75. The summed E-state index contributed by atoms with van der Waals surface area (Å²) in [4.78, 5) is 39.7. The zero-order chi connectivity index (χ0) is 20.8. The minimum atomic E-state index is -1.14. The second-order valence-corrected chi connectivity index (χ2v) is 5.41. The zero-order valence-electron chi connectivity index (χ0n) is 14.7. The molecule has 10 heteroatoms. The number of esters is 1. The van der Waals surface area contributed by atoms with Crippen molar-refractivity contribution in [2.24, 2.45) is 0 Å². The van der Waals surface area contributed by atoms with Gasteiger partial charge in [-0.15, -0.1) is 0 Å². The lowest BCUT2D eigenvalue weighted by Gasteiger charge is -2.02. The van der Waals surface area contributed by atoms with Crippen molar-refractivity contribution in [3.8, 4) is 11.5 Å². The van der Waals surface area contributed by atoms with Crippen LogP contribution in [0.5, 0.6) is 11.5 Å². The number of carbonyl (C=O) groups is 2. The van der Waals surface area contributed by atoms with Crippen LogP contribution >= 0.6 is 0 Å². The van der Waals surface area contributed by atoms with Crippen molar-refractivity contribution in [3.63, 3.8) is 0 Å². The minimum absolute atomic E-state index is 0.0336. The molecular formula is C18H17N3O7. The second-order valence-electron chi connectivity index (χ2n) is 5.41. The van der Waals surface area contributed by atoms with Crippen molar-refractivity contribution in [1.82, 2.24) is 9.97 Å². The van der Waals surface area contributed by atoms with Gasteiger partial charge in [-0.1, -0.05) is 0 Å². The third-order valence-electron chi connectivity index (χ3n) is 3.43. The predicted octanol–water partition coefficient (Wildman–Crippen LogP) is 1.48. The molecule has 0 unspecified atom stereocenters. The van der Waals surface area contributed by atoms with E-state index in [1.165, 1.54) is 30.3 Å². The van der Waals surface area contributed by atoms with Crippen LogP contribution in [0.15, 0.2) is 41.2 Å². The van der Waals surface area contributed by atoms with Gasteiger partial charge in [0.05, 0.1) is 23.1 Å². The standard InChI is InChI=1S/C11H10N2O4.C7H7NO3/c1-2-17-11(16)9-12-8-4-3-6(14)5-7(8)10(15)13-9;8-6-2-1-4(9)3-5(6)7(10)11/h3-5,14H,2H2,1H3,(H,12,13,15);1-3,9H,8H2,(H,10,11). The Kier molecular flexibility index (Phi) is 6.17. The van der Waals surface area contributed by atoms with E-state index in [4.69, 9.17) is 20.7 Å². The summed E-state index contributed by atoms with van der Waals surface area (Å²) in [5, 5.41) is 26.8. The van der Waals surface area contributed by atoms with Crippen LogP contribution in [0.4, 0.5) is 5.69 Å². The molecule has 0 saturated heterocycles. The number of carboxylic acids is 1. The summed E-state index contributed by atoms with van der Waals surface area (Å²) >= 11 is 0. The van der Waals surface area contributed by atoms with E-state index < -0.39 is 17.5 Å². The number of phenolic OH excluding ortho intramolecular Hbond substituents is 2. The summed E-state index contributed by atoms with van der Waals surface area (Å²) in [6.07, 6.45) is 0. The summed E-state index contributed by atoms with van der Waals surface area (Å²) in [6, 6.07) is 7.93. The van der Waals surface area contributed by atoms with Gasteiger partial charge in [0.25, 0.3) is 5.56 Å². The Morgan fingerprint density at radius 2 is 1.79 bits per heavy atom. The molecule has 0 spiro atoms. The molecule has 0 aliphatic heterocycles. The summed E-state index contributed by atoms with van der Waals surface area (Å²) in [6.45, 7) is 1.87. The number of H-pyrrole nitrogens is 1. The van der Waals surface area contributed by atoms with Crippen molar-refractivity contribution < 1.29 is 29.6 Å². The van der Waals surface area contributed by atoms with Crippen molar-refractivity contribution in [2.75, 3.05) is 12.3 Å². The second kappa shape index (κ2) is 8.54. The van der Waals surface area contributed by atoms with Crippen LogP contribution in [0, 0.1) is 0 Å². The van der Waals surface area contributed by atoms with Gasteiger partial charge in [0, 0.05) is 5.69 Å². The van der Waals surface area contributed by atoms with Gasteiger partial charge in [0.1, 0.15) is 11.5 Å². The van der Waals surface area contributed by atoms with Crippen LogP contribution in [-0.2, 0) is 4.74 Å².